The van der Waals surface area contributed by atoms with E-state index in [0.29, 0.717) is 5.57 Å². The van der Waals surface area contributed by atoms with Crippen LogP contribution in [0.1, 0.15) is 33.6 Å². The fraction of sp³-hybridized carbons (Fsp3) is 0.500. The number of halogens is 3. The van der Waals surface area contributed by atoms with E-state index in [9.17, 15) is 13.2 Å². The van der Waals surface area contributed by atoms with E-state index in [-0.39, 0.29) is 0 Å². The second-order valence-corrected chi connectivity index (χ2v) is 3.51. The van der Waals surface area contributed by atoms with Crippen molar-refractivity contribution in [1.82, 2.24) is 0 Å². The molecule has 0 aromatic carbocycles. The lowest BCUT2D eigenvalue weighted by molar-refractivity contribution is -0.0882. The van der Waals surface area contributed by atoms with Crippen LogP contribution in [0.25, 0.3) is 0 Å². The highest BCUT2D eigenvalue weighted by Crippen LogP contribution is 2.28. The summed E-state index contributed by atoms with van der Waals surface area (Å²) in [6.45, 7) is 8.72. The lowest BCUT2D eigenvalue weighted by atomic mass is 10.0. The molecule has 15 heavy (non-hydrogen) atoms. The summed E-state index contributed by atoms with van der Waals surface area (Å²) < 4.78 is 37.1. The molecule has 86 valence electrons. The van der Waals surface area contributed by atoms with E-state index in [1.54, 1.807) is 6.92 Å². The van der Waals surface area contributed by atoms with Crippen LogP contribution in [0, 0.1) is 0 Å². The molecule has 0 amide bonds. The molecule has 0 aliphatic heterocycles. The maximum atomic E-state index is 12.4. The highest BCUT2D eigenvalue weighted by molar-refractivity contribution is 5.33. The monoisotopic (exact) mass is 218 g/mol. The van der Waals surface area contributed by atoms with E-state index in [1.165, 1.54) is 0 Å². The van der Waals surface area contributed by atoms with Crippen molar-refractivity contribution in [2.45, 2.75) is 39.8 Å². The molecule has 0 bridgehead atoms. The van der Waals surface area contributed by atoms with E-state index < -0.39 is 11.7 Å². The van der Waals surface area contributed by atoms with Crippen LogP contribution in [0.3, 0.4) is 0 Å². The first-order valence-electron chi connectivity index (χ1n) is 4.90. The van der Waals surface area contributed by atoms with Gasteiger partial charge in [0.2, 0.25) is 0 Å². The Balaban J connectivity index is 5.01. The summed E-state index contributed by atoms with van der Waals surface area (Å²) in [6.07, 6.45) is -0.548. The highest BCUT2D eigenvalue weighted by Gasteiger charge is 2.31. The standard InChI is InChI=1S/C12H17F3/c1-5-7-9(3)10(4)8-11(6-2)12(13,14)15/h6,8H,2,5,7H2,1,3-4H3/b10-9-,11-8+. The van der Waals surface area contributed by atoms with Gasteiger partial charge in [0, 0.05) is 0 Å². The summed E-state index contributed by atoms with van der Waals surface area (Å²) in [4.78, 5) is 0. The van der Waals surface area contributed by atoms with Crippen molar-refractivity contribution < 1.29 is 13.2 Å². The molecule has 0 nitrogen and oxygen atoms in total. The van der Waals surface area contributed by atoms with Crippen molar-refractivity contribution in [2.24, 2.45) is 0 Å². The van der Waals surface area contributed by atoms with Gasteiger partial charge in [0.1, 0.15) is 0 Å². The molecular weight excluding hydrogens is 201 g/mol. The Bertz CT molecular complexity index is 280. The summed E-state index contributed by atoms with van der Waals surface area (Å²) in [5.41, 5.74) is 0.973. The zero-order valence-electron chi connectivity index (χ0n) is 9.41. The third kappa shape index (κ3) is 4.86. The molecule has 0 aliphatic rings. The Hall–Kier alpha value is -0.990. The van der Waals surface area contributed by atoms with Crippen LogP contribution in [-0.2, 0) is 0 Å². The van der Waals surface area contributed by atoms with Gasteiger partial charge in [-0.2, -0.15) is 13.2 Å². The first kappa shape index (κ1) is 14.0. The van der Waals surface area contributed by atoms with Crippen molar-refractivity contribution in [3.8, 4) is 0 Å². The molecule has 0 unspecified atom stereocenters. The molecular formula is C12H17F3. The minimum absolute atomic E-state index is 0.670. The third-order valence-electron chi connectivity index (χ3n) is 2.22. The lowest BCUT2D eigenvalue weighted by Gasteiger charge is -2.09. The Morgan fingerprint density at radius 1 is 1.27 bits per heavy atom. The molecule has 0 N–H and O–H groups in total. The van der Waals surface area contributed by atoms with Gasteiger partial charge in [0.05, 0.1) is 5.57 Å². The fourth-order valence-electron chi connectivity index (χ4n) is 1.19. The van der Waals surface area contributed by atoms with Crippen LogP contribution in [0.15, 0.2) is 35.5 Å². The molecule has 0 fully saturated rings. The van der Waals surface area contributed by atoms with Gasteiger partial charge < -0.3 is 0 Å². The van der Waals surface area contributed by atoms with Crippen LogP contribution in [0.5, 0.6) is 0 Å². The zero-order valence-corrected chi connectivity index (χ0v) is 9.41. The maximum absolute atomic E-state index is 12.4. The topological polar surface area (TPSA) is 0 Å². The predicted octanol–water partition coefficient (Wildman–Crippen LogP) is 4.80. The normalized spacial score (nSPS) is 14.9. The fourth-order valence-corrected chi connectivity index (χ4v) is 1.19. The van der Waals surface area contributed by atoms with E-state index in [0.717, 1.165) is 30.6 Å². The average Bonchev–Trinajstić information content (AvgIpc) is 2.12. The molecule has 0 saturated heterocycles. The number of alkyl halides is 3. The van der Waals surface area contributed by atoms with Crippen LogP contribution >= 0.6 is 0 Å². The third-order valence-corrected chi connectivity index (χ3v) is 2.22. The first-order valence-corrected chi connectivity index (χ1v) is 4.90. The second kappa shape index (κ2) is 5.79. The van der Waals surface area contributed by atoms with Gasteiger partial charge in [-0.05, 0) is 26.3 Å². The SMILES string of the molecule is C=C/C(=C\C(C)=C(\C)CCC)C(F)(F)F. The van der Waals surface area contributed by atoms with Gasteiger partial charge in [-0.15, -0.1) is 0 Å². The van der Waals surface area contributed by atoms with Gasteiger partial charge in [0.25, 0.3) is 0 Å². The molecule has 0 rings (SSSR count). The molecule has 0 saturated carbocycles. The molecule has 0 aliphatic carbocycles. The van der Waals surface area contributed by atoms with Gasteiger partial charge >= 0.3 is 6.18 Å². The summed E-state index contributed by atoms with van der Waals surface area (Å²) in [5.74, 6) is 0. The Kier molecular flexibility index (Phi) is 5.40. The van der Waals surface area contributed by atoms with E-state index in [1.807, 2.05) is 13.8 Å². The van der Waals surface area contributed by atoms with E-state index >= 15 is 0 Å². The van der Waals surface area contributed by atoms with Crippen molar-refractivity contribution in [3.63, 3.8) is 0 Å². The number of hydrogen-bond donors (Lipinski definition) is 0. The minimum atomic E-state index is -4.31. The summed E-state index contributed by atoms with van der Waals surface area (Å²) in [6, 6.07) is 0. The Morgan fingerprint density at radius 3 is 2.13 bits per heavy atom. The zero-order chi connectivity index (χ0) is 12.1. The van der Waals surface area contributed by atoms with Crippen LogP contribution < -0.4 is 0 Å². The van der Waals surface area contributed by atoms with Gasteiger partial charge in [-0.3, -0.25) is 0 Å². The van der Waals surface area contributed by atoms with Crippen molar-refractivity contribution in [3.05, 3.63) is 35.5 Å². The smallest absolute Gasteiger partial charge is 0.166 e. The van der Waals surface area contributed by atoms with E-state index in [2.05, 4.69) is 6.58 Å². The highest BCUT2D eigenvalue weighted by atomic mass is 19.4. The number of rotatable bonds is 4. The Morgan fingerprint density at radius 2 is 1.80 bits per heavy atom. The van der Waals surface area contributed by atoms with Crippen LogP contribution in [0.2, 0.25) is 0 Å². The molecule has 3 heteroatoms. The van der Waals surface area contributed by atoms with Crippen molar-refractivity contribution >= 4 is 0 Å². The molecule has 0 atom stereocenters. The summed E-state index contributed by atoms with van der Waals surface area (Å²) in [5, 5.41) is 0. The van der Waals surface area contributed by atoms with E-state index in [4.69, 9.17) is 0 Å². The summed E-state index contributed by atoms with van der Waals surface area (Å²) in [7, 11) is 0. The molecule has 0 aromatic rings. The largest absolute Gasteiger partial charge is 0.416 e. The van der Waals surface area contributed by atoms with Gasteiger partial charge in [-0.1, -0.05) is 37.1 Å². The molecule has 0 heterocycles. The molecule has 0 aromatic heterocycles. The summed E-state index contributed by atoms with van der Waals surface area (Å²) >= 11 is 0. The first-order chi connectivity index (χ1) is 6.82. The number of hydrogen-bond acceptors (Lipinski definition) is 0. The lowest BCUT2D eigenvalue weighted by Crippen LogP contribution is -2.09. The van der Waals surface area contributed by atoms with Gasteiger partial charge in [0.15, 0.2) is 0 Å². The Labute approximate surface area is 89.2 Å². The van der Waals surface area contributed by atoms with Crippen molar-refractivity contribution in [1.29, 1.82) is 0 Å². The quantitative estimate of drug-likeness (QED) is 0.595. The average molecular weight is 218 g/mol. The minimum Gasteiger partial charge on any atom is -0.166 e. The second-order valence-electron chi connectivity index (χ2n) is 3.51. The molecule has 0 radical (unpaired) electrons. The number of allylic oxidation sites excluding steroid dienone is 5. The maximum Gasteiger partial charge on any atom is 0.416 e. The van der Waals surface area contributed by atoms with Crippen LogP contribution in [-0.4, -0.2) is 6.18 Å². The molecule has 0 spiro atoms. The van der Waals surface area contributed by atoms with Crippen LogP contribution in [0.4, 0.5) is 13.2 Å². The van der Waals surface area contributed by atoms with Gasteiger partial charge in [-0.25, -0.2) is 0 Å². The predicted molar refractivity (Wildman–Crippen MR) is 57.6 cm³/mol. The van der Waals surface area contributed by atoms with Crippen molar-refractivity contribution in [2.75, 3.05) is 0 Å².